The molecule has 1 saturated heterocycles. The normalized spacial score (nSPS) is 18.0. The maximum atomic E-state index is 13.6. The predicted octanol–water partition coefficient (Wildman–Crippen LogP) is 5.01. The monoisotopic (exact) mass is 491 g/mol. The number of cyclic esters (lactones) is 1. The molecule has 0 N–H and O–H groups in total. The van der Waals surface area contributed by atoms with Gasteiger partial charge < -0.3 is 14.4 Å². The summed E-state index contributed by atoms with van der Waals surface area (Å²) in [5.74, 6) is -2.05. The van der Waals surface area contributed by atoms with Gasteiger partial charge >= 0.3 is 11.9 Å². The van der Waals surface area contributed by atoms with Gasteiger partial charge in [-0.1, -0.05) is 47.5 Å². The summed E-state index contributed by atoms with van der Waals surface area (Å²) < 4.78 is 10.9. The van der Waals surface area contributed by atoms with Crippen molar-refractivity contribution in [1.29, 1.82) is 0 Å². The summed E-state index contributed by atoms with van der Waals surface area (Å²) in [6, 6.07) is 14.1. The van der Waals surface area contributed by atoms with Crippen molar-refractivity contribution in [2.75, 3.05) is 13.1 Å². The van der Waals surface area contributed by atoms with E-state index in [1.165, 1.54) is 4.90 Å². The van der Waals surface area contributed by atoms with Crippen LogP contribution in [-0.4, -0.2) is 41.4 Å². The van der Waals surface area contributed by atoms with E-state index < -0.39 is 29.6 Å². The van der Waals surface area contributed by atoms with E-state index in [0.29, 0.717) is 22.0 Å². The molecule has 0 aromatic heterocycles. The van der Waals surface area contributed by atoms with Crippen LogP contribution in [0.5, 0.6) is 0 Å². The fourth-order valence-corrected chi connectivity index (χ4v) is 3.93. The molecule has 0 spiro atoms. The molecule has 33 heavy (non-hydrogen) atoms. The average Bonchev–Trinajstić information content (AvgIpc) is 3.12. The van der Waals surface area contributed by atoms with Crippen LogP contribution in [-0.2, 0) is 30.3 Å². The van der Waals surface area contributed by atoms with Gasteiger partial charge in [0, 0.05) is 16.6 Å². The molecule has 0 saturated carbocycles. The van der Waals surface area contributed by atoms with Crippen LogP contribution >= 0.6 is 23.2 Å². The maximum absolute atomic E-state index is 13.6. The van der Waals surface area contributed by atoms with Crippen LogP contribution in [0, 0.1) is 5.92 Å². The molecule has 8 heteroatoms. The summed E-state index contributed by atoms with van der Waals surface area (Å²) in [5.41, 5.74) is 0.966. The minimum atomic E-state index is -0.744. The summed E-state index contributed by atoms with van der Waals surface area (Å²) in [4.78, 5) is 39.7. The minimum absolute atomic E-state index is 0.0576. The van der Waals surface area contributed by atoms with Crippen LogP contribution < -0.4 is 0 Å². The smallest absolute Gasteiger partial charge is 0.326 e. The predicted molar refractivity (Wildman–Crippen MR) is 126 cm³/mol. The highest BCUT2D eigenvalue weighted by atomic mass is 35.5. The number of benzene rings is 2. The van der Waals surface area contributed by atoms with Gasteiger partial charge in [0.25, 0.3) is 0 Å². The molecular weight excluding hydrogens is 465 g/mol. The third kappa shape index (κ3) is 7.21. The molecule has 1 amide bonds. The van der Waals surface area contributed by atoms with Crippen molar-refractivity contribution < 1.29 is 23.9 Å². The highest BCUT2D eigenvalue weighted by molar-refractivity contribution is 6.30. The third-order valence-electron chi connectivity index (χ3n) is 5.16. The summed E-state index contributed by atoms with van der Waals surface area (Å²) >= 11 is 11.9. The van der Waals surface area contributed by atoms with Crippen LogP contribution in [0.3, 0.4) is 0 Å². The van der Waals surface area contributed by atoms with Crippen LogP contribution in [0.25, 0.3) is 0 Å². The standard InChI is InChI=1S/C25H27Cl2NO5/c1-25(2,3)33-22(30)15-28(13-12-16-4-8-18(26)9-5-16)24(31)20-14-21(29)32-23(20)17-6-10-19(27)11-7-17/h4-11,20,23H,12-15H2,1-3H3/t20-,23+/m0/s1. The van der Waals surface area contributed by atoms with Crippen molar-refractivity contribution >= 4 is 41.0 Å². The lowest BCUT2D eigenvalue weighted by atomic mass is 9.93. The largest absolute Gasteiger partial charge is 0.459 e. The lowest BCUT2D eigenvalue weighted by Gasteiger charge is -2.28. The Bertz CT molecular complexity index is 999. The van der Waals surface area contributed by atoms with Crippen molar-refractivity contribution in [2.24, 2.45) is 5.92 Å². The van der Waals surface area contributed by atoms with Crippen molar-refractivity contribution in [3.63, 3.8) is 0 Å². The van der Waals surface area contributed by atoms with Crippen molar-refractivity contribution in [1.82, 2.24) is 4.90 Å². The van der Waals surface area contributed by atoms with Crippen LogP contribution in [0.4, 0.5) is 0 Å². The Balaban J connectivity index is 1.81. The van der Waals surface area contributed by atoms with E-state index in [-0.39, 0.29) is 25.4 Å². The van der Waals surface area contributed by atoms with Gasteiger partial charge in [-0.3, -0.25) is 14.4 Å². The van der Waals surface area contributed by atoms with Gasteiger partial charge in [-0.05, 0) is 62.6 Å². The molecule has 1 heterocycles. The van der Waals surface area contributed by atoms with E-state index in [1.807, 2.05) is 12.1 Å². The van der Waals surface area contributed by atoms with Gasteiger partial charge in [0.1, 0.15) is 18.2 Å². The fourth-order valence-electron chi connectivity index (χ4n) is 3.67. The number of carbonyl (C=O) groups is 3. The Hall–Kier alpha value is -2.57. The lowest BCUT2D eigenvalue weighted by molar-refractivity contribution is -0.160. The van der Waals surface area contributed by atoms with E-state index >= 15 is 0 Å². The van der Waals surface area contributed by atoms with Crippen molar-refractivity contribution in [3.05, 3.63) is 69.7 Å². The van der Waals surface area contributed by atoms with Gasteiger partial charge in [-0.25, -0.2) is 0 Å². The number of amides is 1. The van der Waals surface area contributed by atoms with Crippen LogP contribution in [0.2, 0.25) is 10.0 Å². The molecule has 0 aliphatic carbocycles. The number of halogens is 2. The van der Waals surface area contributed by atoms with Crippen molar-refractivity contribution in [3.8, 4) is 0 Å². The molecule has 1 aliphatic heterocycles. The molecule has 6 nitrogen and oxygen atoms in total. The summed E-state index contributed by atoms with van der Waals surface area (Å²) in [7, 11) is 0. The molecule has 1 fully saturated rings. The number of nitrogens with zero attached hydrogens (tertiary/aromatic N) is 1. The molecule has 2 aromatic rings. The highest BCUT2D eigenvalue weighted by Crippen LogP contribution is 2.37. The first-order valence-corrected chi connectivity index (χ1v) is 11.5. The Morgan fingerprint density at radius 2 is 1.61 bits per heavy atom. The first kappa shape index (κ1) is 25.1. The second-order valence-corrected chi connectivity index (χ2v) is 9.87. The summed E-state index contributed by atoms with van der Waals surface area (Å²) in [6.07, 6.45) is -0.282. The number of ether oxygens (including phenoxy) is 2. The Labute approximate surface area is 203 Å². The maximum Gasteiger partial charge on any atom is 0.326 e. The number of hydrogen-bond donors (Lipinski definition) is 0. The third-order valence-corrected chi connectivity index (χ3v) is 5.67. The zero-order valence-electron chi connectivity index (χ0n) is 18.8. The fraction of sp³-hybridized carbons (Fsp3) is 0.400. The molecule has 2 atom stereocenters. The summed E-state index contributed by atoms with van der Waals surface area (Å²) in [6.45, 7) is 5.36. The SMILES string of the molecule is CC(C)(C)OC(=O)CN(CCc1ccc(Cl)cc1)C(=O)[C@H]1CC(=O)O[C@@H]1c1ccc(Cl)cc1. The second kappa shape index (κ2) is 10.6. The highest BCUT2D eigenvalue weighted by Gasteiger charge is 2.43. The first-order valence-electron chi connectivity index (χ1n) is 10.7. The van der Waals surface area contributed by atoms with E-state index in [1.54, 1.807) is 57.2 Å². The minimum Gasteiger partial charge on any atom is -0.459 e. The number of rotatable bonds is 7. The van der Waals surface area contributed by atoms with E-state index in [2.05, 4.69) is 0 Å². The van der Waals surface area contributed by atoms with Crippen molar-refractivity contribution in [2.45, 2.75) is 45.3 Å². The van der Waals surface area contributed by atoms with Crippen LogP contribution in [0.15, 0.2) is 48.5 Å². The molecule has 3 rings (SSSR count). The van der Waals surface area contributed by atoms with E-state index in [9.17, 15) is 14.4 Å². The van der Waals surface area contributed by atoms with E-state index in [4.69, 9.17) is 32.7 Å². The molecule has 0 radical (unpaired) electrons. The van der Waals surface area contributed by atoms with Gasteiger partial charge in [0.2, 0.25) is 5.91 Å². The number of hydrogen-bond acceptors (Lipinski definition) is 5. The van der Waals surface area contributed by atoms with Gasteiger partial charge in [-0.15, -0.1) is 0 Å². The average molecular weight is 492 g/mol. The zero-order valence-corrected chi connectivity index (χ0v) is 20.4. The van der Waals surface area contributed by atoms with Gasteiger partial charge in [0.05, 0.1) is 12.3 Å². The lowest BCUT2D eigenvalue weighted by Crippen LogP contribution is -2.43. The number of carbonyl (C=O) groups excluding carboxylic acids is 3. The zero-order chi connectivity index (χ0) is 24.2. The van der Waals surface area contributed by atoms with Gasteiger partial charge in [-0.2, -0.15) is 0 Å². The molecule has 2 aromatic carbocycles. The van der Waals surface area contributed by atoms with E-state index in [0.717, 1.165) is 5.56 Å². The Morgan fingerprint density at radius 3 is 2.18 bits per heavy atom. The quantitative estimate of drug-likeness (QED) is 0.508. The molecule has 0 unspecified atom stereocenters. The Morgan fingerprint density at radius 1 is 1.03 bits per heavy atom. The molecule has 1 aliphatic rings. The molecule has 0 bridgehead atoms. The molecular formula is C25H27Cl2NO5. The second-order valence-electron chi connectivity index (χ2n) is 9.00. The van der Waals surface area contributed by atoms with Crippen LogP contribution in [0.1, 0.15) is 44.4 Å². The molecule has 176 valence electrons. The topological polar surface area (TPSA) is 72.9 Å². The van der Waals surface area contributed by atoms with Gasteiger partial charge in [0.15, 0.2) is 0 Å². The first-order chi connectivity index (χ1) is 15.5. The number of esters is 2. The summed E-state index contributed by atoms with van der Waals surface area (Å²) in [5, 5.41) is 1.16. The Kier molecular flexibility index (Phi) is 8.03.